The van der Waals surface area contributed by atoms with Crippen LogP contribution in [0.3, 0.4) is 0 Å². The van der Waals surface area contributed by atoms with Crippen molar-refractivity contribution in [2.75, 3.05) is 0 Å². The number of rotatable bonds is 1. The molecule has 0 saturated carbocycles. The van der Waals surface area contributed by atoms with Crippen molar-refractivity contribution in [2.45, 2.75) is 19.3 Å². The molecule has 5 rings (SSSR count). The summed E-state index contributed by atoms with van der Waals surface area (Å²) in [4.78, 5) is 4.74. The molecule has 1 heterocycles. The Bertz CT molecular complexity index is 1110. The van der Waals surface area contributed by atoms with Gasteiger partial charge < -0.3 is 4.98 Å². The number of benzene rings is 3. The van der Waals surface area contributed by atoms with E-state index in [9.17, 15) is 0 Å². The number of pyridine rings is 1. The molecule has 1 aromatic heterocycles. The van der Waals surface area contributed by atoms with Crippen molar-refractivity contribution in [1.29, 1.82) is 0 Å². The van der Waals surface area contributed by atoms with E-state index >= 15 is 0 Å². The molecule has 0 atom stereocenters. The molecule has 1 aliphatic rings. The van der Waals surface area contributed by atoms with Gasteiger partial charge in [-0.05, 0) is 56.9 Å². The van der Waals surface area contributed by atoms with E-state index < -0.39 is 0 Å². The second-order valence-corrected chi connectivity index (χ2v) is 7.23. The van der Waals surface area contributed by atoms with Crippen LogP contribution in [-0.2, 0) is 25.5 Å². The van der Waals surface area contributed by atoms with Crippen molar-refractivity contribution in [3.63, 3.8) is 0 Å². The molecule has 129 valence electrons. The van der Waals surface area contributed by atoms with Gasteiger partial charge in [-0.1, -0.05) is 38.1 Å². The molecule has 4 aromatic rings. The molecule has 1 aliphatic carbocycles. The first-order valence-electron chi connectivity index (χ1n) is 8.66. The van der Waals surface area contributed by atoms with Crippen LogP contribution >= 0.6 is 0 Å². The Kier molecular flexibility index (Phi) is 4.06. The molecule has 0 spiro atoms. The zero-order valence-corrected chi connectivity index (χ0v) is 17.1. The van der Waals surface area contributed by atoms with Crippen LogP contribution in [-0.4, -0.2) is 4.98 Å². The fourth-order valence-corrected chi connectivity index (χ4v) is 4.18. The molecule has 1 radical (unpaired) electrons. The molecule has 0 saturated heterocycles. The molecular weight excluding hydrogens is 494 g/mol. The number of hydrogen-bond donors (Lipinski definition) is 0. The van der Waals surface area contributed by atoms with E-state index in [1.807, 2.05) is 18.3 Å². The molecule has 1 nitrogen and oxygen atoms in total. The molecule has 0 bridgehead atoms. The Morgan fingerprint density at radius 1 is 0.846 bits per heavy atom. The van der Waals surface area contributed by atoms with Gasteiger partial charge in [0, 0.05) is 31.7 Å². The van der Waals surface area contributed by atoms with Crippen molar-refractivity contribution in [3.8, 4) is 22.4 Å². The van der Waals surface area contributed by atoms with Crippen LogP contribution in [0.5, 0.6) is 0 Å². The fourth-order valence-electron chi connectivity index (χ4n) is 4.18. The van der Waals surface area contributed by atoms with Gasteiger partial charge in [0.2, 0.25) is 0 Å². The average Bonchev–Trinajstić information content (AvgIpc) is 2.88. The van der Waals surface area contributed by atoms with Crippen molar-refractivity contribution in [3.05, 3.63) is 90.1 Å². The predicted molar refractivity (Wildman–Crippen MR) is 104 cm³/mol. The minimum Gasteiger partial charge on any atom is -0.304 e. The van der Waals surface area contributed by atoms with E-state index in [1.54, 1.807) is 0 Å². The van der Waals surface area contributed by atoms with Crippen LogP contribution in [0, 0.1) is 6.07 Å². The maximum Gasteiger partial charge on any atom is 0.0167 e. The van der Waals surface area contributed by atoms with Gasteiger partial charge in [-0.3, -0.25) is 0 Å². The fraction of sp³-hybridized carbons (Fsp3) is 0.125. The van der Waals surface area contributed by atoms with Crippen molar-refractivity contribution >= 4 is 10.8 Å². The standard InChI is InChI=1S/C24H18N.Ir/c1-24(2)21-15-18-11-7-6-10-17(18)14-20(21)19-12-13-25-23(22(19)24)16-8-4-3-5-9-16;/h3-8,10-15H,1-2H3;/q-1;. The molecule has 0 amide bonds. The molecule has 0 N–H and O–H groups in total. The van der Waals surface area contributed by atoms with Crippen molar-refractivity contribution in [2.24, 2.45) is 0 Å². The molecule has 0 aliphatic heterocycles. The van der Waals surface area contributed by atoms with Crippen LogP contribution in [0.15, 0.2) is 72.9 Å². The Labute approximate surface area is 167 Å². The minimum atomic E-state index is -0.0814. The first kappa shape index (κ1) is 17.1. The van der Waals surface area contributed by atoms with Gasteiger partial charge in [-0.25, -0.2) is 0 Å². The van der Waals surface area contributed by atoms with Gasteiger partial charge in [-0.15, -0.1) is 35.9 Å². The second-order valence-electron chi connectivity index (χ2n) is 7.23. The van der Waals surface area contributed by atoms with Gasteiger partial charge >= 0.3 is 0 Å². The smallest absolute Gasteiger partial charge is 0.0167 e. The number of nitrogens with zero attached hydrogens (tertiary/aromatic N) is 1. The molecule has 26 heavy (non-hydrogen) atoms. The number of hydrogen-bond acceptors (Lipinski definition) is 1. The molecule has 0 fully saturated rings. The third-order valence-electron chi connectivity index (χ3n) is 5.39. The van der Waals surface area contributed by atoms with E-state index in [1.165, 1.54) is 33.0 Å². The maximum absolute atomic E-state index is 4.74. The summed E-state index contributed by atoms with van der Waals surface area (Å²) in [6.07, 6.45) is 1.93. The summed E-state index contributed by atoms with van der Waals surface area (Å²) in [5.41, 5.74) is 7.34. The van der Waals surface area contributed by atoms with Crippen LogP contribution < -0.4 is 0 Å². The zero-order chi connectivity index (χ0) is 17.0. The van der Waals surface area contributed by atoms with Gasteiger partial charge in [0.05, 0.1) is 0 Å². The summed E-state index contributed by atoms with van der Waals surface area (Å²) in [5.74, 6) is 0. The average molecular weight is 513 g/mol. The minimum absolute atomic E-state index is 0. The number of aromatic nitrogens is 1. The van der Waals surface area contributed by atoms with Crippen LogP contribution in [0.1, 0.15) is 25.0 Å². The van der Waals surface area contributed by atoms with E-state index in [-0.39, 0.29) is 25.5 Å². The molecule has 3 aromatic carbocycles. The topological polar surface area (TPSA) is 12.9 Å². The van der Waals surface area contributed by atoms with Crippen molar-refractivity contribution in [1.82, 2.24) is 4.98 Å². The third-order valence-corrected chi connectivity index (χ3v) is 5.39. The van der Waals surface area contributed by atoms with Gasteiger partial charge in [0.25, 0.3) is 0 Å². The van der Waals surface area contributed by atoms with E-state index in [4.69, 9.17) is 4.98 Å². The summed E-state index contributed by atoms with van der Waals surface area (Å²) in [5, 5.41) is 2.58. The van der Waals surface area contributed by atoms with E-state index in [0.29, 0.717) is 0 Å². The SMILES string of the molecule is CC1(C)c2cc3ccccc3cc2-c2ccnc(-c3[c-]cccc3)c21.[Ir]. The van der Waals surface area contributed by atoms with Crippen LogP contribution in [0.2, 0.25) is 0 Å². The summed E-state index contributed by atoms with van der Waals surface area (Å²) in [6, 6.07) is 26.9. The summed E-state index contributed by atoms with van der Waals surface area (Å²) < 4.78 is 0. The normalized spacial score (nSPS) is 13.8. The predicted octanol–water partition coefficient (Wildman–Crippen LogP) is 6.01. The van der Waals surface area contributed by atoms with E-state index in [2.05, 4.69) is 74.5 Å². The first-order chi connectivity index (χ1) is 12.2. The summed E-state index contributed by atoms with van der Waals surface area (Å²) >= 11 is 0. The third kappa shape index (κ3) is 2.37. The zero-order valence-electron chi connectivity index (χ0n) is 14.7. The van der Waals surface area contributed by atoms with Gasteiger partial charge in [0.1, 0.15) is 0 Å². The Balaban J connectivity index is 0.00000168. The molecular formula is C24H18IrN-. The Morgan fingerprint density at radius 3 is 2.31 bits per heavy atom. The maximum atomic E-state index is 4.74. The van der Waals surface area contributed by atoms with Crippen LogP contribution in [0.25, 0.3) is 33.2 Å². The molecule has 0 unspecified atom stereocenters. The van der Waals surface area contributed by atoms with Crippen LogP contribution in [0.4, 0.5) is 0 Å². The van der Waals surface area contributed by atoms with Gasteiger partial charge in [0.15, 0.2) is 0 Å². The monoisotopic (exact) mass is 513 g/mol. The summed E-state index contributed by atoms with van der Waals surface area (Å²) in [6.45, 7) is 4.61. The number of fused-ring (bicyclic) bond motifs is 4. The molecule has 2 heteroatoms. The Morgan fingerprint density at radius 2 is 1.58 bits per heavy atom. The Hall–Kier alpha value is -2.28. The van der Waals surface area contributed by atoms with E-state index in [0.717, 1.165) is 11.3 Å². The van der Waals surface area contributed by atoms with Gasteiger partial charge in [-0.2, -0.15) is 0 Å². The second kappa shape index (κ2) is 6.16. The summed E-state index contributed by atoms with van der Waals surface area (Å²) in [7, 11) is 0. The quantitative estimate of drug-likeness (QED) is 0.285. The first-order valence-corrected chi connectivity index (χ1v) is 8.66. The largest absolute Gasteiger partial charge is 0.304 e. The van der Waals surface area contributed by atoms with Crippen molar-refractivity contribution < 1.29 is 20.1 Å².